The van der Waals surface area contributed by atoms with Gasteiger partial charge in [-0.15, -0.1) is 0 Å². The summed E-state index contributed by atoms with van der Waals surface area (Å²) >= 11 is 0. The van der Waals surface area contributed by atoms with Gasteiger partial charge in [0, 0.05) is 11.9 Å². The highest BCUT2D eigenvalue weighted by molar-refractivity contribution is 5.62. The number of hydrogen-bond acceptors (Lipinski definition) is 4. The van der Waals surface area contributed by atoms with Crippen molar-refractivity contribution in [3.8, 4) is 0 Å². The molecule has 4 heteroatoms. The van der Waals surface area contributed by atoms with Gasteiger partial charge in [0.25, 0.3) is 0 Å². The molecule has 2 aromatic rings. The Morgan fingerprint density at radius 1 is 0.833 bits per heavy atom. The van der Waals surface area contributed by atoms with Crippen LogP contribution in [0.15, 0.2) is 65.8 Å². The summed E-state index contributed by atoms with van der Waals surface area (Å²) in [5, 5.41) is 4.10. The molecule has 0 aliphatic heterocycles. The van der Waals surface area contributed by atoms with E-state index in [-0.39, 0.29) is 0 Å². The Kier molecular flexibility index (Phi) is 4.78. The van der Waals surface area contributed by atoms with Gasteiger partial charge in [-0.05, 0) is 24.3 Å². The van der Waals surface area contributed by atoms with Crippen LogP contribution in [0.2, 0.25) is 0 Å². The molecule has 92 valence electrons. The first kappa shape index (κ1) is 12.1. The third kappa shape index (κ3) is 4.27. The van der Waals surface area contributed by atoms with Crippen molar-refractivity contribution in [1.29, 1.82) is 0 Å². The Labute approximate surface area is 107 Å². The fraction of sp³-hybridized carbons (Fsp3) is 0.0714. The smallest absolute Gasteiger partial charge is 0.0561 e. The number of hydrazone groups is 1. The predicted octanol–water partition coefficient (Wildman–Crippen LogP) is 2.70. The maximum absolute atomic E-state index is 4.10. The average molecular weight is 240 g/mol. The summed E-state index contributed by atoms with van der Waals surface area (Å²) in [4.78, 5) is 0. The second-order valence-corrected chi connectivity index (χ2v) is 3.66. The second-order valence-electron chi connectivity index (χ2n) is 3.66. The summed E-state index contributed by atoms with van der Waals surface area (Å²) in [7, 11) is 0. The first-order valence-electron chi connectivity index (χ1n) is 5.81. The van der Waals surface area contributed by atoms with Crippen LogP contribution in [0.4, 0.5) is 11.4 Å². The summed E-state index contributed by atoms with van der Waals surface area (Å²) in [5.41, 5.74) is 11.1. The van der Waals surface area contributed by atoms with Crippen molar-refractivity contribution in [2.24, 2.45) is 5.10 Å². The number of para-hydroxylation sites is 2. The molecule has 0 amide bonds. The van der Waals surface area contributed by atoms with Crippen molar-refractivity contribution in [2.75, 3.05) is 17.4 Å². The predicted molar refractivity (Wildman–Crippen MR) is 76.6 cm³/mol. The van der Waals surface area contributed by atoms with E-state index >= 15 is 0 Å². The quantitative estimate of drug-likeness (QED) is 0.413. The minimum Gasteiger partial charge on any atom is -0.321 e. The number of benzene rings is 2. The molecule has 0 heterocycles. The van der Waals surface area contributed by atoms with Crippen molar-refractivity contribution in [3.63, 3.8) is 0 Å². The van der Waals surface area contributed by atoms with Gasteiger partial charge in [0.15, 0.2) is 0 Å². The lowest BCUT2D eigenvalue weighted by molar-refractivity contribution is 0.927. The lowest BCUT2D eigenvalue weighted by Gasteiger charge is -2.05. The molecule has 0 fully saturated rings. The summed E-state index contributed by atoms with van der Waals surface area (Å²) in [6.45, 7) is 0.634. The fourth-order valence-electron chi connectivity index (χ4n) is 1.40. The second kappa shape index (κ2) is 7.09. The van der Waals surface area contributed by atoms with Crippen molar-refractivity contribution >= 4 is 17.6 Å². The molecule has 2 aromatic carbocycles. The van der Waals surface area contributed by atoms with Crippen molar-refractivity contribution in [1.82, 2.24) is 5.43 Å². The molecule has 0 bridgehead atoms. The molecular formula is C14H16N4. The lowest BCUT2D eigenvalue weighted by atomic mass is 10.3. The molecule has 0 saturated carbocycles. The zero-order valence-corrected chi connectivity index (χ0v) is 10.0. The maximum atomic E-state index is 4.10. The molecular weight excluding hydrogens is 224 g/mol. The number of hydrazine groups is 1. The normalized spacial score (nSPS) is 10.4. The molecule has 0 unspecified atom stereocenters. The Morgan fingerprint density at radius 3 is 2.11 bits per heavy atom. The first-order valence-corrected chi connectivity index (χ1v) is 5.81. The highest BCUT2D eigenvalue weighted by atomic mass is 15.4. The van der Waals surface area contributed by atoms with Crippen LogP contribution in [0.5, 0.6) is 0 Å². The zero-order valence-electron chi connectivity index (χ0n) is 10.0. The van der Waals surface area contributed by atoms with Crippen molar-refractivity contribution in [2.45, 2.75) is 0 Å². The van der Waals surface area contributed by atoms with Gasteiger partial charge in [0.05, 0.1) is 12.2 Å². The Balaban J connectivity index is 1.64. The van der Waals surface area contributed by atoms with E-state index in [4.69, 9.17) is 0 Å². The molecule has 2 rings (SSSR count). The third-order valence-corrected chi connectivity index (χ3v) is 2.26. The van der Waals surface area contributed by atoms with Crippen LogP contribution in [0.1, 0.15) is 0 Å². The van der Waals surface area contributed by atoms with Crippen LogP contribution in [0.25, 0.3) is 0 Å². The first-order chi connectivity index (χ1) is 8.95. The number of rotatable bonds is 6. The van der Waals surface area contributed by atoms with Gasteiger partial charge in [0.2, 0.25) is 0 Å². The van der Waals surface area contributed by atoms with Crippen LogP contribution in [-0.2, 0) is 0 Å². The largest absolute Gasteiger partial charge is 0.321 e. The molecule has 0 atom stereocenters. The Bertz CT molecular complexity index is 468. The summed E-state index contributed by atoms with van der Waals surface area (Å²) in [5.74, 6) is 0. The fourth-order valence-corrected chi connectivity index (χ4v) is 1.40. The molecule has 0 aliphatic rings. The summed E-state index contributed by atoms with van der Waals surface area (Å²) in [6, 6.07) is 19.8. The van der Waals surface area contributed by atoms with E-state index in [1.54, 1.807) is 6.21 Å². The number of nitrogens with one attached hydrogen (secondary N) is 3. The van der Waals surface area contributed by atoms with Crippen molar-refractivity contribution in [3.05, 3.63) is 60.7 Å². The monoisotopic (exact) mass is 240 g/mol. The highest BCUT2D eigenvalue weighted by Gasteiger charge is 1.86. The van der Waals surface area contributed by atoms with Gasteiger partial charge in [-0.2, -0.15) is 5.10 Å². The topological polar surface area (TPSA) is 48.5 Å². The van der Waals surface area contributed by atoms with E-state index in [0.29, 0.717) is 6.54 Å². The van der Waals surface area contributed by atoms with E-state index in [2.05, 4.69) is 21.4 Å². The summed E-state index contributed by atoms with van der Waals surface area (Å²) < 4.78 is 0. The molecule has 0 saturated heterocycles. The number of hydrogen-bond donors (Lipinski definition) is 3. The molecule has 0 aliphatic carbocycles. The van der Waals surface area contributed by atoms with E-state index < -0.39 is 0 Å². The number of nitrogens with zero attached hydrogens (tertiary/aromatic N) is 1. The molecule has 0 aromatic heterocycles. The van der Waals surface area contributed by atoms with E-state index in [1.807, 2.05) is 60.7 Å². The maximum Gasteiger partial charge on any atom is 0.0561 e. The van der Waals surface area contributed by atoms with E-state index in [1.165, 1.54) is 0 Å². The molecule has 0 radical (unpaired) electrons. The van der Waals surface area contributed by atoms with Gasteiger partial charge >= 0.3 is 0 Å². The number of anilines is 2. The van der Waals surface area contributed by atoms with Gasteiger partial charge in [-0.3, -0.25) is 5.43 Å². The van der Waals surface area contributed by atoms with Crippen molar-refractivity contribution < 1.29 is 0 Å². The van der Waals surface area contributed by atoms with Crippen LogP contribution in [-0.4, -0.2) is 12.8 Å². The SMILES string of the molecule is C(CNNc1ccccc1)=NNc1ccccc1. The highest BCUT2D eigenvalue weighted by Crippen LogP contribution is 2.04. The van der Waals surface area contributed by atoms with Gasteiger partial charge in [0.1, 0.15) is 0 Å². The standard InChI is InChI=1S/C14H16N4/c1-3-7-13(8-4-1)17-15-11-12-16-18-14-9-5-2-6-10-14/h1-11,16-18H,12H2. The van der Waals surface area contributed by atoms with Crippen LogP contribution in [0, 0.1) is 0 Å². The minimum absolute atomic E-state index is 0.634. The zero-order chi connectivity index (χ0) is 12.5. The van der Waals surface area contributed by atoms with E-state index in [0.717, 1.165) is 11.4 Å². The van der Waals surface area contributed by atoms with E-state index in [9.17, 15) is 0 Å². The molecule has 0 spiro atoms. The average Bonchev–Trinajstić information content (AvgIpc) is 2.45. The van der Waals surface area contributed by atoms with Crippen LogP contribution >= 0.6 is 0 Å². The summed E-state index contributed by atoms with van der Waals surface area (Å²) in [6.07, 6.45) is 1.77. The minimum atomic E-state index is 0.634. The Hall–Kier alpha value is -2.33. The van der Waals surface area contributed by atoms with Crippen LogP contribution in [0.3, 0.4) is 0 Å². The Morgan fingerprint density at radius 2 is 1.44 bits per heavy atom. The molecule has 3 N–H and O–H groups in total. The third-order valence-electron chi connectivity index (χ3n) is 2.26. The molecule has 18 heavy (non-hydrogen) atoms. The lowest BCUT2D eigenvalue weighted by Crippen LogP contribution is -2.23. The van der Waals surface area contributed by atoms with Gasteiger partial charge in [-0.25, -0.2) is 5.43 Å². The van der Waals surface area contributed by atoms with Crippen LogP contribution < -0.4 is 16.3 Å². The van der Waals surface area contributed by atoms with Gasteiger partial charge < -0.3 is 5.43 Å². The van der Waals surface area contributed by atoms with Gasteiger partial charge in [-0.1, -0.05) is 36.4 Å². The molecule has 4 nitrogen and oxygen atoms in total.